The van der Waals surface area contributed by atoms with Crippen molar-refractivity contribution in [3.8, 4) is 0 Å². The van der Waals surface area contributed by atoms with Crippen molar-refractivity contribution in [3.05, 3.63) is 20.8 Å². The van der Waals surface area contributed by atoms with Crippen molar-refractivity contribution >= 4 is 27.3 Å². The Kier molecular flexibility index (Phi) is 4.98. The van der Waals surface area contributed by atoms with E-state index in [1.165, 1.54) is 9.35 Å². The highest BCUT2D eigenvalue weighted by molar-refractivity contribution is 9.11. The number of rotatable bonds is 5. The number of halogens is 1. The molecule has 0 radical (unpaired) electrons. The van der Waals surface area contributed by atoms with E-state index in [9.17, 15) is 5.11 Å². The van der Waals surface area contributed by atoms with Crippen LogP contribution in [0.15, 0.2) is 15.2 Å². The Morgan fingerprint density at radius 3 is 2.62 bits per heavy atom. The number of aliphatic hydroxyl groups is 1. The molecular formula is C12H20BrNOS. The van der Waals surface area contributed by atoms with Crippen molar-refractivity contribution < 1.29 is 5.11 Å². The van der Waals surface area contributed by atoms with E-state index in [0.717, 1.165) is 13.1 Å². The van der Waals surface area contributed by atoms with Gasteiger partial charge in [-0.1, -0.05) is 13.8 Å². The minimum Gasteiger partial charge on any atom is -0.393 e. The summed E-state index contributed by atoms with van der Waals surface area (Å²) in [6.45, 7) is 7.86. The van der Waals surface area contributed by atoms with E-state index in [2.05, 4.69) is 53.2 Å². The fourth-order valence-electron chi connectivity index (χ4n) is 1.62. The van der Waals surface area contributed by atoms with Crippen molar-refractivity contribution in [2.45, 2.75) is 33.4 Å². The summed E-state index contributed by atoms with van der Waals surface area (Å²) >= 11 is 5.18. The molecule has 0 aromatic carbocycles. The molecule has 1 atom stereocenters. The number of hydrogen-bond donors (Lipinski definition) is 1. The Labute approximate surface area is 110 Å². The number of thiophene rings is 1. The van der Waals surface area contributed by atoms with E-state index in [4.69, 9.17) is 0 Å². The maximum atomic E-state index is 9.67. The smallest absolute Gasteiger partial charge is 0.0701 e. The van der Waals surface area contributed by atoms with Gasteiger partial charge in [-0.25, -0.2) is 0 Å². The van der Waals surface area contributed by atoms with Crippen LogP contribution in [0.25, 0.3) is 0 Å². The number of hydrogen-bond acceptors (Lipinski definition) is 3. The van der Waals surface area contributed by atoms with Crippen LogP contribution >= 0.6 is 27.3 Å². The van der Waals surface area contributed by atoms with E-state index in [0.29, 0.717) is 0 Å². The molecule has 0 aliphatic rings. The number of nitrogens with zero attached hydrogens (tertiary/aromatic N) is 1. The lowest BCUT2D eigenvalue weighted by molar-refractivity contribution is 0.0392. The van der Waals surface area contributed by atoms with Crippen molar-refractivity contribution in [1.29, 1.82) is 0 Å². The van der Waals surface area contributed by atoms with Gasteiger partial charge in [-0.05, 0) is 46.9 Å². The summed E-state index contributed by atoms with van der Waals surface area (Å²) in [5.41, 5.74) is 1.25. The molecule has 16 heavy (non-hydrogen) atoms. The van der Waals surface area contributed by atoms with Crippen molar-refractivity contribution in [2.75, 3.05) is 13.6 Å². The van der Waals surface area contributed by atoms with Gasteiger partial charge in [0.2, 0.25) is 0 Å². The molecule has 0 amide bonds. The first-order valence-corrected chi connectivity index (χ1v) is 7.08. The molecule has 2 nitrogen and oxygen atoms in total. The second-order valence-electron chi connectivity index (χ2n) is 5.10. The van der Waals surface area contributed by atoms with Crippen LogP contribution in [0.5, 0.6) is 0 Å². The zero-order chi connectivity index (χ0) is 12.3. The number of aliphatic hydroxyl groups excluding tert-OH is 1. The van der Waals surface area contributed by atoms with Crippen LogP contribution in [0.3, 0.4) is 0 Å². The van der Waals surface area contributed by atoms with Crippen LogP contribution in [0, 0.1) is 5.41 Å². The van der Waals surface area contributed by atoms with Crippen LogP contribution in [0.1, 0.15) is 26.3 Å². The van der Waals surface area contributed by atoms with Gasteiger partial charge in [-0.3, -0.25) is 0 Å². The van der Waals surface area contributed by atoms with E-state index >= 15 is 0 Å². The summed E-state index contributed by atoms with van der Waals surface area (Å²) in [6.07, 6.45) is -0.288. The fourth-order valence-corrected chi connectivity index (χ4v) is 2.82. The quantitative estimate of drug-likeness (QED) is 0.902. The van der Waals surface area contributed by atoms with E-state index in [-0.39, 0.29) is 11.5 Å². The molecule has 1 N–H and O–H groups in total. The first-order chi connectivity index (χ1) is 7.31. The first-order valence-electron chi connectivity index (χ1n) is 5.41. The third-order valence-electron chi connectivity index (χ3n) is 2.88. The molecule has 0 bridgehead atoms. The molecule has 1 rings (SSSR count). The molecule has 4 heteroatoms. The standard InChI is InChI=1S/C12H20BrNOS/c1-9(15)12(2,3)8-14(4)6-10-5-11(13)16-7-10/h5,7,9,15H,6,8H2,1-4H3. The molecule has 0 aliphatic heterocycles. The van der Waals surface area contributed by atoms with Crippen LogP contribution in [-0.4, -0.2) is 29.7 Å². The molecule has 0 saturated carbocycles. The van der Waals surface area contributed by atoms with Gasteiger partial charge in [0, 0.05) is 18.5 Å². The lowest BCUT2D eigenvalue weighted by Crippen LogP contribution is -2.38. The molecule has 0 saturated heterocycles. The molecule has 1 heterocycles. The van der Waals surface area contributed by atoms with Gasteiger partial charge in [0.05, 0.1) is 9.89 Å². The fraction of sp³-hybridized carbons (Fsp3) is 0.667. The molecule has 1 unspecified atom stereocenters. The average molecular weight is 306 g/mol. The normalized spacial score (nSPS) is 14.4. The van der Waals surface area contributed by atoms with Gasteiger partial charge < -0.3 is 10.0 Å². The predicted octanol–water partition coefficient (Wildman–Crippen LogP) is 3.35. The second kappa shape index (κ2) is 5.63. The lowest BCUT2D eigenvalue weighted by atomic mass is 9.87. The minimum atomic E-state index is -0.288. The summed E-state index contributed by atoms with van der Waals surface area (Å²) in [6, 6.07) is 2.15. The van der Waals surface area contributed by atoms with Gasteiger partial charge in [-0.15, -0.1) is 11.3 Å². The highest BCUT2D eigenvalue weighted by Crippen LogP contribution is 2.24. The van der Waals surface area contributed by atoms with E-state index in [1.807, 2.05) is 6.92 Å². The zero-order valence-corrected chi connectivity index (χ0v) is 12.7. The van der Waals surface area contributed by atoms with Crippen LogP contribution in [0.4, 0.5) is 0 Å². The van der Waals surface area contributed by atoms with Gasteiger partial charge >= 0.3 is 0 Å². The molecular weight excluding hydrogens is 286 g/mol. The third-order valence-corrected chi connectivity index (χ3v) is 4.44. The van der Waals surface area contributed by atoms with Crippen molar-refractivity contribution in [2.24, 2.45) is 5.41 Å². The summed E-state index contributed by atoms with van der Waals surface area (Å²) in [5, 5.41) is 11.8. The minimum absolute atomic E-state index is 0.0675. The van der Waals surface area contributed by atoms with Gasteiger partial charge in [0.1, 0.15) is 0 Å². The summed E-state index contributed by atoms with van der Waals surface area (Å²) in [7, 11) is 2.09. The maximum Gasteiger partial charge on any atom is 0.0701 e. The Balaban J connectivity index is 2.50. The average Bonchev–Trinajstić information content (AvgIpc) is 2.49. The van der Waals surface area contributed by atoms with E-state index < -0.39 is 0 Å². The Bertz CT molecular complexity index is 336. The van der Waals surface area contributed by atoms with Crippen LogP contribution < -0.4 is 0 Å². The van der Waals surface area contributed by atoms with Crippen molar-refractivity contribution in [1.82, 2.24) is 4.90 Å². The molecule has 0 spiro atoms. The van der Waals surface area contributed by atoms with Gasteiger partial charge in [0.15, 0.2) is 0 Å². The summed E-state index contributed by atoms with van der Waals surface area (Å²) in [5.74, 6) is 0. The molecule has 1 aromatic rings. The second-order valence-corrected chi connectivity index (χ2v) is 7.39. The maximum absolute atomic E-state index is 9.67. The van der Waals surface area contributed by atoms with Crippen LogP contribution in [0.2, 0.25) is 0 Å². The summed E-state index contributed by atoms with van der Waals surface area (Å²) in [4.78, 5) is 2.25. The molecule has 0 fully saturated rings. The molecule has 92 valence electrons. The third kappa shape index (κ3) is 4.17. The van der Waals surface area contributed by atoms with Gasteiger partial charge in [-0.2, -0.15) is 0 Å². The van der Waals surface area contributed by atoms with Crippen molar-refractivity contribution in [3.63, 3.8) is 0 Å². The largest absolute Gasteiger partial charge is 0.393 e. The summed E-state index contributed by atoms with van der Waals surface area (Å²) < 4.78 is 1.17. The van der Waals surface area contributed by atoms with Crippen LogP contribution in [-0.2, 0) is 6.54 Å². The zero-order valence-electron chi connectivity index (χ0n) is 10.3. The predicted molar refractivity (Wildman–Crippen MR) is 73.8 cm³/mol. The van der Waals surface area contributed by atoms with E-state index in [1.54, 1.807) is 11.3 Å². The molecule has 1 aromatic heterocycles. The Morgan fingerprint density at radius 2 is 2.19 bits per heavy atom. The highest BCUT2D eigenvalue weighted by atomic mass is 79.9. The lowest BCUT2D eigenvalue weighted by Gasteiger charge is -2.32. The topological polar surface area (TPSA) is 23.5 Å². The monoisotopic (exact) mass is 305 g/mol. The Hall–Kier alpha value is 0.100. The Morgan fingerprint density at radius 1 is 1.56 bits per heavy atom. The SMILES string of the molecule is CC(O)C(C)(C)CN(C)Cc1csc(Br)c1. The first kappa shape index (κ1) is 14.2. The molecule has 0 aliphatic carbocycles. The highest BCUT2D eigenvalue weighted by Gasteiger charge is 2.25. The van der Waals surface area contributed by atoms with Gasteiger partial charge in [0.25, 0.3) is 0 Å².